The van der Waals surface area contributed by atoms with E-state index in [1.54, 1.807) is 12.6 Å². The molecule has 5 nitrogen and oxygen atoms in total. The second-order valence-corrected chi connectivity index (χ2v) is 7.43. The van der Waals surface area contributed by atoms with Gasteiger partial charge in [-0.3, -0.25) is 0 Å². The van der Waals surface area contributed by atoms with Crippen LogP contribution in [0.1, 0.15) is 26.0 Å². The lowest BCUT2D eigenvalue weighted by atomic mass is 10.4. The Labute approximate surface area is 113 Å². The van der Waals surface area contributed by atoms with E-state index >= 15 is 0 Å². The Kier molecular flexibility index (Phi) is 6.20. The predicted octanol–water partition coefficient (Wildman–Crippen LogP) is 1.29. The summed E-state index contributed by atoms with van der Waals surface area (Å²) in [4.78, 5) is 4.09. The van der Waals surface area contributed by atoms with Gasteiger partial charge in [0, 0.05) is 18.5 Å². The molecule has 0 unspecified atom stereocenters. The van der Waals surface area contributed by atoms with E-state index in [1.165, 1.54) is 15.6 Å². The number of sulfonamides is 1. The van der Waals surface area contributed by atoms with Crippen LogP contribution in [0.2, 0.25) is 0 Å². The summed E-state index contributed by atoms with van der Waals surface area (Å²) in [6.45, 7) is 5.16. The molecule has 0 bridgehead atoms. The van der Waals surface area contributed by atoms with E-state index in [1.807, 2.05) is 19.2 Å². The summed E-state index contributed by atoms with van der Waals surface area (Å²) in [5, 5.41) is 5.08. The molecule has 0 saturated carbocycles. The molecule has 1 aromatic rings. The zero-order valence-electron chi connectivity index (χ0n) is 11.1. The van der Waals surface area contributed by atoms with Crippen LogP contribution in [0.25, 0.3) is 0 Å². The van der Waals surface area contributed by atoms with Crippen LogP contribution >= 0.6 is 11.3 Å². The molecule has 1 aromatic heterocycles. The lowest BCUT2D eigenvalue weighted by Gasteiger charge is -2.16. The van der Waals surface area contributed by atoms with E-state index in [2.05, 4.69) is 10.3 Å². The van der Waals surface area contributed by atoms with Gasteiger partial charge in [-0.25, -0.2) is 13.4 Å². The molecular formula is C11H21N3O2S2. The summed E-state index contributed by atoms with van der Waals surface area (Å²) < 4.78 is 25.3. The van der Waals surface area contributed by atoms with E-state index in [0.29, 0.717) is 19.0 Å². The highest BCUT2D eigenvalue weighted by Gasteiger charge is 2.18. The number of hydrogen-bond acceptors (Lipinski definition) is 5. The average Bonchev–Trinajstić information content (AvgIpc) is 2.77. The van der Waals surface area contributed by atoms with Crippen molar-refractivity contribution in [2.24, 2.45) is 0 Å². The van der Waals surface area contributed by atoms with Crippen LogP contribution in [0.5, 0.6) is 0 Å². The average molecular weight is 291 g/mol. The van der Waals surface area contributed by atoms with Crippen LogP contribution in [0.3, 0.4) is 0 Å². The van der Waals surface area contributed by atoms with Gasteiger partial charge in [0.25, 0.3) is 0 Å². The van der Waals surface area contributed by atoms with E-state index in [-0.39, 0.29) is 5.75 Å². The number of aromatic nitrogens is 1. The number of nitrogens with zero attached hydrogens (tertiary/aromatic N) is 2. The molecular weight excluding hydrogens is 270 g/mol. The first-order chi connectivity index (χ1) is 8.42. The molecule has 18 heavy (non-hydrogen) atoms. The highest BCUT2D eigenvalue weighted by Crippen LogP contribution is 2.08. The second-order valence-electron chi connectivity index (χ2n) is 4.51. The fraction of sp³-hybridized carbons (Fsp3) is 0.727. The molecule has 0 aromatic carbocycles. The Morgan fingerprint density at radius 1 is 1.50 bits per heavy atom. The lowest BCUT2D eigenvalue weighted by Crippen LogP contribution is -2.31. The van der Waals surface area contributed by atoms with Gasteiger partial charge in [0.1, 0.15) is 0 Å². The van der Waals surface area contributed by atoms with Gasteiger partial charge in [0.05, 0.1) is 23.5 Å². The molecule has 0 aliphatic rings. The highest BCUT2D eigenvalue weighted by molar-refractivity contribution is 7.89. The van der Waals surface area contributed by atoms with Gasteiger partial charge < -0.3 is 5.32 Å². The Bertz CT molecular complexity index is 429. The smallest absolute Gasteiger partial charge is 0.214 e. The molecule has 0 radical (unpaired) electrons. The molecule has 0 aliphatic heterocycles. The van der Waals surface area contributed by atoms with Crippen LogP contribution < -0.4 is 5.32 Å². The lowest BCUT2D eigenvalue weighted by molar-refractivity contribution is 0.460. The summed E-state index contributed by atoms with van der Waals surface area (Å²) in [5.41, 5.74) is 2.51. The van der Waals surface area contributed by atoms with Gasteiger partial charge in [0.2, 0.25) is 10.0 Å². The van der Waals surface area contributed by atoms with Crippen molar-refractivity contribution in [3.8, 4) is 0 Å². The van der Waals surface area contributed by atoms with E-state index in [4.69, 9.17) is 0 Å². The maximum Gasteiger partial charge on any atom is 0.214 e. The quantitative estimate of drug-likeness (QED) is 0.733. The molecule has 7 heteroatoms. The fourth-order valence-electron chi connectivity index (χ4n) is 1.44. The standard InChI is InChI=1S/C11H21N3O2S2/c1-10(2)12-5-4-6-18(15,16)14(3)7-11-8-17-9-13-11/h8-10,12H,4-7H2,1-3H3. The van der Waals surface area contributed by atoms with Crippen molar-refractivity contribution in [2.45, 2.75) is 32.9 Å². The Morgan fingerprint density at radius 2 is 2.22 bits per heavy atom. The second kappa shape index (κ2) is 7.18. The fourth-order valence-corrected chi connectivity index (χ4v) is 3.14. The zero-order valence-corrected chi connectivity index (χ0v) is 12.7. The van der Waals surface area contributed by atoms with Crippen LogP contribution in [0.4, 0.5) is 0 Å². The highest BCUT2D eigenvalue weighted by atomic mass is 32.2. The molecule has 1 N–H and O–H groups in total. The van der Waals surface area contributed by atoms with Crippen molar-refractivity contribution in [2.75, 3.05) is 19.3 Å². The van der Waals surface area contributed by atoms with Gasteiger partial charge in [-0.05, 0) is 13.0 Å². The minimum Gasteiger partial charge on any atom is -0.314 e. The number of nitrogens with one attached hydrogen (secondary N) is 1. The van der Waals surface area contributed by atoms with E-state index in [0.717, 1.165) is 12.2 Å². The third-order valence-electron chi connectivity index (χ3n) is 2.47. The van der Waals surface area contributed by atoms with E-state index in [9.17, 15) is 8.42 Å². The number of thiazole rings is 1. The summed E-state index contributed by atoms with van der Waals surface area (Å²) in [7, 11) is -1.57. The van der Waals surface area contributed by atoms with Crippen LogP contribution in [0.15, 0.2) is 10.9 Å². The van der Waals surface area contributed by atoms with Crippen LogP contribution in [0, 0.1) is 0 Å². The molecule has 0 atom stereocenters. The molecule has 1 heterocycles. The number of hydrogen-bond donors (Lipinski definition) is 1. The maximum atomic E-state index is 12.0. The van der Waals surface area contributed by atoms with Crippen molar-refractivity contribution in [3.05, 3.63) is 16.6 Å². The Morgan fingerprint density at radius 3 is 2.78 bits per heavy atom. The third-order valence-corrected chi connectivity index (χ3v) is 4.99. The molecule has 0 saturated heterocycles. The maximum absolute atomic E-state index is 12.0. The van der Waals surface area contributed by atoms with Gasteiger partial charge in [0.15, 0.2) is 0 Å². The molecule has 0 aliphatic carbocycles. The van der Waals surface area contributed by atoms with Crippen molar-refractivity contribution < 1.29 is 8.42 Å². The summed E-state index contributed by atoms with van der Waals surface area (Å²) in [6, 6.07) is 0.389. The molecule has 0 amide bonds. The molecule has 1 rings (SSSR count). The summed E-state index contributed by atoms with van der Waals surface area (Å²) in [5.74, 6) is 0.174. The summed E-state index contributed by atoms with van der Waals surface area (Å²) >= 11 is 1.47. The van der Waals surface area contributed by atoms with Crippen LogP contribution in [-0.4, -0.2) is 43.1 Å². The monoisotopic (exact) mass is 291 g/mol. The Balaban J connectivity index is 2.38. The predicted molar refractivity (Wildman–Crippen MR) is 75.1 cm³/mol. The van der Waals surface area contributed by atoms with Gasteiger partial charge in [-0.2, -0.15) is 4.31 Å². The van der Waals surface area contributed by atoms with Crippen LogP contribution in [-0.2, 0) is 16.6 Å². The molecule has 0 spiro atoms. The topological polar surface area (TPSA) is 62.3 Å². The van der Waals surface area contributed by atoms with Gasteiger partial charge in [-0.1, -0.05) is 13.8 Å². The molecule has 104 valence electrons. The normalized spacial score (nSPS) is 12.5. The first-order valence-electron chi connectivity index (χ1n) is 5.96. The third kappa shape index (κ3) is 5.43. The Hall–Kier alpha value is -0.500. The minimum absolute atomic E-state index is 0.174. The largest absolute Gasteiger partial charge is 0.314 e. The first-order valence-corrected chi connectivity index (χ1v) is 8.51. The zero-order chi connectivity index (χ0) is 13.6. The van der Waals surface area contributed by atoms with Gasteiger partial charge >= 0.3 is 0 Å². The minimum atomic E-state index is -3.18. The van der Waals surface area contributed by atoms with Crippen molar-refractivity contribution >= 4 is 21.4 Å². The van der Waals surface area contributed by atoms with E-state index < -0.39 is 10.0 Å². The number of rotatable bonds is 8. The molecule has 0 fully saturated rings. The van der Waals surface area contributed by atoms with Gasteiger partial charge in [-0.15, -0.1) is 11.3 Å². The van der Waals surface area contributed by atoms with Crippen molar-refractivity contribution in [1.29, 1.82) is 0 Å². The SMILES string of the molecule is CC(C)NCCCS(=O)(=O)N(C)Cc1cscn1. The first kappa shape index (κ1) is 15.6. The van der Waals surface area contributed by atoms with Crippen molar-refractivity contribution in [1.82, 2.24) is 14.6 Å². The summed E-state index contributed by atoms with van der Waals surface area (Å²) in [6.07, 6.45) is 0.627. The van der Waals surface area contributed by atoms with Crippen molar-refractivity contribution in [3.63, 3.8) is 0 Å².